The first-order chi connectivity index (χ1) is 8.93. The van der Waals surface area contributed by atoms with Gasteiger partial charge in [-0.2, -0.15) is 16.1 Å². The molecule has 0 saturated carbocycles. The Hall–Kier alpha value is -0.0900. The number of carboxylic acids is 1. The molecule has 1 fully saturated rings. The first kappa shape index (κ1) is 15.3. The highest BCUT2D eigenvalue weighted by Gasteiger charge is 2.36. The molecule has 1 aliphatic heterocycles. The summed E-state index contributed by atoms with van der Waals surface area (Å²) in [5, 5.41) is 10.6. The van der Waals surface area contributed by atoms with E-state index >= 15 is 0 Å². The number of aliphatic carboxylic acids is 1. The van der Waals surface area contributed by atoms with Crippen LogP contribution in [0.1, 0.15) is 6.42 Å². The van der Waals surface area contributed by atoms with Crippen LogP contribution in [0, 0.1) is 0 Å². The van der Waals surface area contributed by atoms with Crippen molar-refractivity contribution in [2.24, 2.45) is 0 Å². The molecule has 0 spiro atoms. The van der Waals surface area contributed by atoms with E-state index in [1.807, 2.05) is 0 Å². The third-order valence-electron chi connectivity index (χ3n) is 2.71. The van der Waals surface area contributed by atoms with Crippen molar-refractivity contribution in [3.8, 4) is 0 Å². The Bertz CT molecular complexity index is 571. The number of carboxylic acid groups (broad SMARTS) is 1. The van der Waals surface area contributed by atoms with E-state index in [-0.39, 0.29) is 10.6 Å². The van der Waals surface area contributed by atoms with E-state index in [0.717, 1.165) is 11.3 Å². The smallest absolute Gasteiger partial charge is 0.305 e. The molecular formula is C10H12BrNO4S3. The number of thioether (sulfide) groups is 1. The molecule has 1 unspecified atom stereocenters. The molecule has 0 radical (unpaired) electrons. The van der Waals surface area contributed by atoms with E-state index < -0.39 is 22.0 Å². The summed E-state index contributed by atoms with van der Waals surface area (Å²) in [6.07, 6.45) is -0.158. The zero-order valence-corrected chi connectivity index (χ0v) is 13.8. The van der Waals surface area contributed by atoms with Crippen molar-refractivity contribution in [1.82, 2.24) is 4.31 Å². The first-order valence-electron chi connectivity index (χ1n) is 5.47. The van der Waals surface area contributed by atoms with Crippen molar-refractivity contribution < 1.29 is 18.3 Å². The normalized spacial score (nSPS) is 21.4. The van der Waals surface area contributed by atoms with Gasteiger partial charge in [-0.1, -0.05) is 0 Å². The average molecular weight is 386 g/mol. The minimum atomic E-state index is -3.62. The molecule has 0 aromatic carbocycles. The average Bonchev–Trinajstić information content (AvgIpc) is 2.76. The number of sulfonamides is 1. The molecule has 5 nitrogen and oxygen atoms in total. The maximum absolute atomic E-state index is 12.6. The molecule has 2 heterocycles. The van der Waals surface area contributed by atoms with Crippen molar-refractivity contribution in [3.63, 3.8) is 0 Å². The SMILES string of the molecule is O=C(O)CC1CSCCN1S(=O)(=O)c1sccc1Br. The first-order valence-corrected chi connectivity index (χ1v) is 9.74. The molecule has 1 aromatic heterocycles. The van der Waals surface area contributed by atoms with E-state index in [4.69, 9.17) is 5.11 Å². The highest BCUT2D eigenvalue weighted by atomic mass is 79.9. The number of thiophene rings is 1. The summed E-state index contributed by atoms with van der Waals surface area (Å²) in [5.41, 5.74) is 0. The molecule has 9 heteroatoms. The molecule has 19 heavy (non-hydrogen) atoms. The zero-order valence-electron chi connectivity index (χ0n) is 9.78. The number of rotatable bonds is 4. The predicted molar refractivity (Wildman–Crippen MR) is 79.3 cm³/mol. The largest absolute Gasteiger partial charge is 0.481 e. The highest BCUT2D eigenvalue weighted by molar-refractivity contribution is 9.10. The fraction of sp³-hybridized carbons (Fsp3) is 0.500. The molecule has 1 saturated heterocycles. The van der Waals surface area contributed by atoms with E-state index in [1.54, 1.807) is 23.2 Å². The van der Waals surface area contributed by atoms with Gasteiger partial charge in [0.1, 0.15) is 4.21 Å². The summed E-state index contributed by atoms with van der Waals surface area (Å²) in [6.45, 7) is 0.356. The minimum Gasteiger partial charge on any atom is -0.481 e. The van der Waals surface area contributed by atoms with Crippen LogP contribution in [0.2, 0.25) is 0 Å². The fourth-order valence-electron chi connectivity index (χ4n) is 1.89. The lowest BCUT2D eigenvalue weighted by Gasteiger charge is -2.33. The highest BCUT2D eigenvalue weighted by Crippen LogP contribution is 2.33. The lowest BCUT2D eigenvalue weighted by molar-refractivity contribution is -0.137. The van der Waals surface area contributed by atoms with Crippen molar-refractivity contribution in [2.75, 3.05) is 18.1 Å². The summed E-state index contributed by atoms with van der Waals surface area (Å²) >= 11 is 5.95. The van der Waals surface area contributed by atoms with Crippen LogP contribution in [0.5, 0.6) is 0 Å². The number of halogens is 1. The van der Waals surface area contributed by atoms with Crippen LogP contribution >= 0.6 is 39.0 Å². The quantitative estimate of drug-likeness (QED) is 0.858. The van der Waals surface area contributed by atoms with Crippen LogP contribution in [0.25, 0.3) is 0 Å². The summed E-state index contributed by atoms with van der Waals surface area (Å²) in [5.74, 6) is 0.241. The van der Waals surface area contributed by atoms with Crippen LogP contribution in [0.3, 0.4) is 0 Å². The standard InChI is InChI=1S/C10H12BrNO4S3/c11-8-1-3-18-10(8)19(15,16)12-2-4-17-6-7(12)5-9(13)14/h1,3,7H,2,4-6H2,(H,13,14). The molecule has 1 aromatic rings. The van der Waals surface area contributed by atoms with Crippen molar-refractivity contribution >= 4 is 55.0 Å². The Labute approximate surface area is 128 Å². The van der Waals surface area contributed by atoms with Gasteiger partial charge in [-0.15, -0.1) is 11.3 Å². The Kier molecular flexibility index (Phi) is 4.93. The van der Waals surface area contributed by atoms with Gasteiger partial charge in [-0.25, -0.2) is 8.42 Å². The second-order valence-electron chi connectivity index (χ2n) is 4.00. The number of hydrogen-bond acceptors (Lipinski definition) is 5. The minimum absolute atomic E-state index is 0.158. The van der Waals surface area contributed by atoms with Crippen LogP contribution in [0.15, 0.2) is 20.1 Å². The van der Waals surface area contributed by atoms with Gasteiger partial charge in [-0.3, -0.25) is 4.79 Å². The molecule has 2 rings (SSSR count). The Morgan fingerprint density at radius 1 is 1.58 bits per heavy atom. The Balaban J connectivity index is 2.32. The van der Waals surface area contributed by atoms with Gasteiger partial charge in [-0.05, 0) is 27.4 Å². The second kappa shape index (κ2) is 6.13. The Morgan fingerprint density at radius 3 is 2.89 bits per heavy atom. The van der Waals surface area contributed by atoms with Gasteiger partial charge in [0.15, 0.2) is 0 Å². The summed E-state index contributed by atoms with van der Waals surface area (Å²) in [6, 6.07) is 1.21. The van der Waals surface area contributed by atoms with Crippen molar-refractivity contribution in [1.29, 1.82) is 0 Å². The lowest BCUT2D eigenvalue weighted by atomic mass is 10.2. The molecule has 0 aliphatic carbocycles. The van der Waals surface area contributed by atoms with Gasteiger partial charge in [0.25, 0.3) is 10.0 Å². The van der Waals surface area contributed by atoms with Crippen LogP contribution in [-0.2, 0) is 14.8 Å². The summed E-state index contributed by atoms with van der Waals surface area (Å²) in [7, 11) is -3.62. The maximum Gasteiger partial charge on any atom is 0.305 e. The number of hydrogen-bond donors (Lipinski definition) is 1. The Morgan fingerprint density at radius 2 is 2.32 bits per heavy atom. The molecule has 1 N–H and O–H groups in total. The van der Waals surface area contributed by atoms with Crippen molar-refractivity contribution in [3.05, 3.63) is 15.9 Å². The van der Waals surface area contributed by atoms with Crippen LogP contribution < -0.4 is 0 Å². The fourth-order valence-corrected chi connectivity index (χ4v) is 7.21. The van der Waals surface area contributed by atoms with Gasteiger partial charge in [0, 0.05) is 28.6 Å². The third kappa shape index (κ3) is 3.33. The maximum atomic E-state index is 12.6. The van der Waals surface area contributed by atoms with E-state index in [9.17, 15) is 13.2 Å². The van der Waals surface area contributed by atoms with E-state index in [0.29, 0.717) is 22.5 Å². The van der Waals surface area contributed by atoms with Gasteiger partial charge in [0.05, 0.1) is 6.42 Å². The predicted octanol–water partition coefficient (Wildman–Crippen LogP) is 2.09. The van der Waals surface area contributed by atoms with Crippen molar-refractivity contribution in [2.45, 2.75) is 16.7 Å². The van der Waals surface area contributed by atoms with Gasteiger partial charge in [0.2, 0.25) is 0 Å². The molecule has 1 atom stereocenters. The van der Waals surface area contributed by atoms with Gasteiger partial charge < -0.3 is 5.11 Å². The topological polar surface area (TPSA) is 74.7 Å². The molecule has 0 bridgehead atoms. The molecule has 1 aliphatic rings. The van der Waals surface area contributed by atoms with E-state index in [2.05, 4.69) is 15.9 Å². The monoisotopic (exact) mass is 385 g/mol. The number of carbonyl (C=O) groups is 1. The van der Waals surface area contributed by atoms with Gasteiger partial charge >= 0.3 is 5.97 Å². The summed E-state index contributed by atoms with van der Waals surface area (Å²) < 4.78 is 27.2. The van der Waals surface area contributed by atoms with Crippen LogP contribution in [0.4, 0.5) is 0 Å². The zero-order chi connectivity index (χ0) is 14.0. The molecule has 0 amide bonds. The van der Waals surface area contributed by atoms with Crippen LogP contribution in [-0.4, -0.2) is 47.9 Å². The van der Waals surface area contributed by atoms with E-state index in [1.165, 1.54) is 4.31 Å². The molecular weight excluding hydrogens is 374 g/mol. The number of nitrogens with zero attached hydrogens (tertiary/aromatic N) is 1. The lowest BCUT2D eigenvalue weighted by Crippen LogP contribution is -2.46. The summed E-state index contributed by atoms with van der Waals surface area (Å²) in [4.78, 5) is 10.9. The third-order valence-corrected chi connectivity index (χ3v) is 8.40. The molecule has 106 valence electrons. The second-order valence-corrected chi connectivity index (χ2v) is 9.00.